The molecule has 0 unspecified atom stereocenters. The summed E-state index contributed by atoms with van der Waals surface area (Å²) in [5.74, 6) is -0.891. The lowest BCUT2D eigenvalue weighted by atomic mass is 9.93. The zero-order chi connectivity index (χ0) is 21.0. The fourth-order valence-corrected chi connectivity index (χ4v) is 3.45. The van der Waals surface area contributed by atoms with E-state index >= 15 is 0 Å². The number of esters is 1. The van der Waals surface area contributed by atoms with E-state index in [-0.39, 0.29) is 29.7 Å². The average molecular weight is 410 g/mol. The molecule has 1 heterocycles. The Balaban J connectivity index is 1.83. The SMILES string of the molecule is COC(=O)c1coc(CN(C(=O)c2ccc(C(F)(F)F)cc2)C2CCCCC2)n1. The van der Waals surface area contributed by atoms with Crippen LogP contribution in [0.5, 0.6) is 0 Å². The molecule has 9 heteroatoms. The second-order valence-electron chi connectivity index (χ2n) is 6.92. The van der Waals surface area contributed by atoms with Crippen molar-refractivity contribution in [2.24, 2.45) is 0 Å². The monoisotopic (exact) mass is 410 g/mol. The summed E-state index contributed by atoms with van der Waals surface area (Å²) in [6.45, 7) is 0.0154. The number of oxazole rings is 1. The van der Waals surface area contributed by atoms with Crippen molar-refractivity contribution in [3.05, 3.63) is 53.2 Å². The van der Waals surface area contributed by atoms with Crippen LogP contribution in [0.25, 0.3) is 0 Å². The Morgan fingerprint density at radius 2 is 1.83 bits per heavy atom. The number of methoxy groups -OCH3 is 1. The Morgan fingerprint density at radius 1 is 1.17 bits per heavy atom. The van der Waals surface area contributed by atoms with Gasteiger partial charge in [-0.25, -0.2) is 9.78 Å². The predicted octanol–water partition coefficient (Wildman–Crippen LogP) is 4.46. The molecule has 1 aromatic carbocycles. The molecular formula is C20H21F3N2O4. The fourth-order valence-electron chi connectivity index (χ4n) is 3.45. The molecular weight excluding hydrogens is 389 g/mol. The maximum absolute atomic E-state index is 13.1. The molecule has 0 N–H and O–H groups in total. The van der Waals surface area contributed by atoms with Crippen LogP contribution in [0, 0.1) is 0 Å². The fraction of sp³-hybridized carbons (Fsp3) is 0.450. The van der Waals surface area contributed by atoms with E-state index in [1.165, 1.54) is 19.2 Å². The quantitative estimate of drug-likeness (QED) is 0.681. The third-order valence-electron chi connectivity index (χ3n) is 4.99. The molecule has 0 radical (unpaired) electrons. The molecule has 0 saturated heterocycles. The molecule has 1 aliphatic rings. The standard InChI is InChI=1S/C20H21F3N2O4/c1-28-19(27)16-12-29-17(24-16)11-25(15-5-3-2-4-6-15)18(26)13-7-9-14(10-8-13)20(21,22)23/h7-10,12,15H,2-6,11H2,1H3. The molecule has 0 atom stereocenters. The first-order valence-electron chi connectivity index (χ1n) is 9.30. The number of rotatable bonds is 5. The molecule has 0 aliphatic heterocycles. The summed E-state index contributed by atoms with van der Waals surface area (Å²) in [4.78, 5) is 30.3. The first-order chi connectivity index (χ1) is 13.8. The summed E-state index contributed by atoms with van der Waals surface area (Å²) in [6.07, 6.45) is 1.26. The second kappa shape index (κ2) is 8.67. The molecule has 0 bridgehead atoms. The van der Waals surface area contributed by atoms with Gasteiger partial charge in [-0.2, -0.15) is 13.2 Å². The summed E-state index contributed by atoms with van der Waals surface area (Å²) in [6, 6.07) is 4.07. The lowest BCUT2D eigenvalue weighted by Gasteiger charge is -2.33. The summed E-state index contributed by atoms with van der Waals surface area (Å²) in [7, 11) is 1.22. The number of hydrogen-bond donors (Lipinski definition) is 0. The van der Waals surface area contributed by atoms with Crippen LogP contribution >= 0.6 is 0 Å². The number of amides is 1. The van der Waals surface area contributed by atoms with E-state index in [9.17, 15) is 22.8 Å². The number of benzene rings is 1. The molecule has 1 aromatic heterocycles. The lowest BCUT2D eigenvalue weighted by Crippen LogP contribution is -2.41. The number of aromatic nitrogens is 1. The van der Waals surface area contributed by atoms with Crippen LogP contribution in [0.2, 0.25) is 0 Å². The van der Waals surface area contributed by atoms with Crippen molar-refractivity contribution in [2.75, 3.05) is 7.11 Å². The van der Waals surface area contributed by atoms with Gasteiger partial charge in [0, 0.05) is 11.6 Å². The van der Waals surface area contributed by atoms with E-state index in [0.717, 1.165) is 50.5 Å². The minimum Gasteiger partial charge on any atom is -0.464 e. The minimum absolute atomic E-state index is 0.00641. The Kier molecular flexibility index (Phi) is 6.24. The smallest absolute Gasteiger partial charge is 0.416 e. The first-order valence-corrected chi connectivity index (χ1v) is 9.30. The molecule has 1 fully saturated rings. The highest BCUT2D eigenvalue weighted by atomic mass is 19.4. The van der Waals surface area contributed by atoms with Gasteiger partial charge in [0.25, 0.3) is 5.91 Å². The van der Waals surface area contributed by atoms with Crippen molar-refractivity contribution < 1.29 is 31.9 Å². The van der Waals surface area contributed by atoms with Crippen LogP contribution in [-0.4, -0.2) is 34.9 Å². The van der Waals surface area contributed by atoms with Gasteiger partial charge in [-0.05, 0) is 37.1 Å². The van der Waals surface area contributed by atoms with Gasteiger partial charge in [-0.1, -0.05) is 19.3 Å². The molecule has 1 saturated carbocycles. The number of hydrogen-bond acceptors (Lipinski definition) is 5. The molecule has 1 aliphatic carbocycles. The van der Waals surface area contributed by atoms with Gasteiger partial charge in [0.2, 0.25) is 5.89 Å². The third-order valence-corrected chi connectivity index (χ3v) is 4.99. The van der Waals surface area contributed by atoms with E-state index < -0.39 is 23.6 Å². The average Bonchev–Trinajstić information content (AvgIpc) is 3.20. The topological polar surface area (TPSA) is 72.6 Å². The normalized spacial score (nSPS) is 15.2. The van der Waals surface area contributed by atoms with E-state index in [1.54, 1.807) is 4.90 Å². The van der Waals surface area contributed by atoms with Gasteiger partial charge in [-0.3, -0.25) is 4.79 Å². The molecule has 3 rings (SSSR count). The van der Waals surface area contributed by atoms with Crippen LogP contribution in [0.15, 0.2) is 34.9 Å². The van der Waals surface area contributed by atoms with E-state index in [0.29, 0.717) is 0 Å². The van der Waals surface area contributed by atoms with Gasteiger partial charge in [0.1, 0.15) is 6.26 Å². The zero-order valence-electron chi connectivity index (χ0n) is 15.9. The van der Waals surface area contributed by atoms with Crippen LogP contribution in [0.4, 0.5) is 13.2 Å². The van der Waals surface area contributed by atoms with Gasteiger partial charge in [0.05, 0.1) is 19.2 Å². The highest BCUT2D eigenvalue weighted by molar-refractivity contribution is 5.94. The Morgan fingerprint density at radius 3 is 2.41 bits per heavy atom. The van der Waals surface area contributed by atoms with Gasteiger partial charge < -0.3 is 14.1 Å². The number of halogens is 3. The number of nitrogens with zero attached hydrogens (tertiary/aromatic N) is 2. The second-order valence-corrected chi connectivity index (χ2v) is 6.92. The van der Waals surface area contributed by atoms with Crippen molar-refractivity contribution in [3.8, 4) is 0 Å². The first kappa shape index (κ1) is 20.9. The lowest BCUT2D eigenvalue weighted by molar-refractivity contribution is -0.137. The Bertz CT molecular complexity index is 855. The number of alkyl halides is 3. The Labute approximate surface area is 165 Å². The van der Waals surface area contributed by atoms with Crippen LogP contribution < -0.4 is 0 Å². The number of carbonyl (C=O) groups is 2. The van der Waals surface area contributed by atoms with Crippen molar-refractivity contribution in [1.29, 1.82) is 0 Å². The number of ether oxygens (including phenoxy) is 1. The largest absolute Gasteiger partial charge is 0.464 e. The van der Waals surface area contributed by atoms with Crippen LogP contribution in [-0.2, 0) is 17.5 Å². The van der Waals surface area contributed by atoms with Crippen LogP contribution in [0.3, 0.4) is 0 Å². The van der Waals surface area contributed by atoms with Crippen molar-refractivity contribution in [2.45, 2.75) is 50.9 Å². The summed E-state index contributed by atoms with van der Waals surface area (Å²) in [5.41, 5.74) is -0.662. The van der Waals surface area contributed by atoms with E-state index in [1.807, 2.05) is 0 Å². The molecule has 156 valence electrons. The van der Waals surface area contributed by atoms with Crippen molar-refractivity contribution in [3.63, 3.8) is 0 Å². The van der Waals surface area contributed by atoms with Crippen molar-refractivity contribution >= 4 is 11.9 Å². The highest BCUT2D eigenvalue weighted by Crippen LogP contribution is 2.30. The van der Waals surface area contributed by atoms with E-state index in [2.05, 4.69) is 9.72 Å². The van der Waals surface area contributed by atoms with Gasteiger partial charge in [-0.15, -0.1) is 0 Å². The van der Waals surface area contributed by atoms with Gasteiger partial charge >= 0.3 is 12.1 Å². The van der Waals surface area contributed by atoms with E-state index in [4.69, 9.17) is 4.42 Å². The van der Waals surface area contributed by atoms with Crippen LogP contribution in [0.1, 0.15) is 64.4 Å². The Hall–Kier alpha value is -2.84. The molecule has 1 amide bonds. The van der Waals surface area contributed by atoms with Gasteiger partial charge in [0.15, 0.2) is 5.69 Å². The molecule has 0 spiro atoms. The zero-order valence-corrected chi connectivity index (χ0v) is 15.9. The summed E-state index contributed by atoms with van der Waals surface area (Å²) < 4.78 is 48.3. The highest BCUT2D eigenvalue weighted by Gasteiger charge is 2.32. The molecule has 29 heavy (non-hydrogen) atoms. The maximum Gasteiger partial charge on any atom is 0.416 e. The minimum atomic E-state index is -4.47. The predicted molar refractivity (Wildman–Crippen MR) is 96.0 cm³/mol. The summed E-state index contributed by atoms with van der Waals surface area (Å²) >= 11 is 0. The third kappa shape index (κ3) is 4.96. The van der Waals surface area contributed by atoms with Crippen molar-refractivity contribution in [1.82, 2.24) is 9.88 Å². The molecule has 2 aromatic rings. The maximum atomic E-state index is 13.1. The number of carbonyl (C=O) groups excluding carboxylic acids is 2. The molecule has 6 nitrogen and oxygen atoms in total. The summed E-state index contributed by atoms with van der Waals surface area (Å²) in [5, 5.41) is 0.